The number of aromatic amines is 1. The fraction of sp³-hybridized carbons (Fsp3) is 0.200. The van der Waals surface area contributed by atoms with Gasteiger partial charge < -0.3 is 9.72 Å². The van der Waals surface area contributed by atoms with Crippen LogP contribution in [0.15, 0.2) is 47.3 Å². The summed E-state index contributed by atoms with van der Waals surface area (Å²) >= 11 is 0. The smallest absolute Gasteiger partial charge is 0.346 e. The summed E-state index contributed by atoms with van der Waals surface area (Å²) in [6, 6.07) is 11.6. The molecule has 0 aliphatic heterocycles. The third kappa shape index (κ3) is 3.53. The van der Waals surface area contributed by atoms with E-state index in [1.54, 1.807) is 31.2 Å². The predicted molar refractivity (Wildman–Crippen MR) is 119 cm³/mol. The number of fused-ring (bicyclic) bond motifs is 1. The highest BCUT2D eigenvalue weighted by Crippen LogP contribution is 2.45. The number of benzene rings is 2. The fourth-order valence-corrected chi connectivity index (χ4v) is 4.01. The molecule has 0 bridgehead atoms. The summed E-state index contributed by atoms with van der Waals surface area (Å²) in [4.78, 5) is 29.4. The van der Waals surface area contributed by atoms with E-state index >= 15 is 0 Å². The number of ether oxygens (including phenoxy) is 1. The lowest BCUT2D eigenvalue weighted by Crippen LogP contribution is -2.26. The van der Waals surface area contributed by atoms with Gasteiger partial charge in [-0.2, -0.15) is 14.9 Å². The molecule has 2 aromatic heterocycles. The minimum Gasteiger partial charge on any atom is -0.462 e. The number of esters is 1. The Morgan fingerprint density at radius 2 is 1.97 bits per heavy atom. The molecular formula is C25H18F2N4O3. The van der Waals surface area contributed by atoms with Crippen molar-refractivity contribution in [1.82, 2.24) is 14.6 Å². The Labute approximate surface area is 192 Å². The summed E-state index contributed by atoms with van der Waals surface area (Å²) in [6.45, 7) is 1.68. The predicted octanol–water partition coefficient (Wildman–Crippen LogP) is 4.56. The van der Waals surface area contributed by atoms with Gasteiger partial charge in [-0.15, -0.1) is 0 Å². The standard InChI is InChI=1S/C25H18F2N4O3/c1-2-34-25(33)20-21(14-5-3-13(12-28)4-6-14)29-23-19(17-10-9-16(26)11-18(17)27)22(15-7-8-15)30-31(23)24(20)32/h3-6,9-11,15,29H,2,7-8H2,1H3. The number of H-pyrrole nitrogens is 1. The third-order valence-corrected chi connectivity index (χ3v) is 5.76. The zero-order valence-corrected chi connectivity index (χ0v) is 18.1. The van der Waals surface area contributed by atoms with Crippen LogP contribution in [-0.2, 0) is 4.74 Å². The lowest BCUT2D eigenvalue weighted by molar-refractivity contribution is 0.0524. The molecule has 0 atom stereocenters. The van der Waals surface area contributed by atoms with Crippen LogP contribution in [0.5, 0.6) is 0 Å². The van der Waals surface area contributed by atoms with Crippen LogP contribution < -0.4 is 5.56 Å². The zero-order chi connectivity index (χ0) is 24.0. The summed E-state index contributed by atoms with van der Waals surface area (Å²) in [5, 5.41) is 13.6. The number of aromatic nitrogens is 3. The van der Waals surface area contributed by atoms with Gasteiger partial charge >= 0.3 is 5.97 Å². The van der Waals surface area contributed by atoms with Gasteiger partial charge in [-0.25, -0.2) is 13.6 Å². The average molecular weight is 460 g/mol. The lowest BCUT2D eigenvalue weighted by Gasteiger charge is -2.11. The summed E-state index contributed by atoms with van der Waals surface area (Å²) in [5.41, 5.74) is 1.19. The first-order chi connectivity index (χ1) is 16.4. The molecule has 9 heteroatoms. The highest BCUT2D eigenvalue weighted by atomic mass is 19.1. The fourth-order valence-electron chi connectivity index (χ4n) is 4.01. The largest absolute Gasteiger partial charge is 0.462 e. The van der Waals surface area contributed by atoms with Gasteiger partial charge in [0.05, 0.1) is 35.2 Å². The van der Waals surface area contributed by atoms with Gasteiger partial charge in [0.15, 0.2) is 5.56 Å². The van der Waals surface area contributed by atoms with E-state index in [1.165, 1.54) is 6.07 Å². The molecule has 0 saturated heterocycles. The molecule has 1 N–H and O–H groups in total. The molecule has 2 aromatic carbocycles. The van der Waals surface area contributed by atoms with Gasteiger partial charge in [0, 0.05) is 17.5 Å². The Bertz CT molecular complexity index is 1540. The molecular weight excluding hydrogens is 442 g/mol. The number of carbonyl (C=O) groups is 1. The van der Waals surface area contributed by atoms with Crippen molar-refractivity contribution in [2.75, 3.05) is 6.61 Å². The zero-order valence-electron chi connectivity index (χ0n) is 18.1. The number of nitriles is 1. The molecule has 7 nitrogen and oxygen atoms in total. The van der Waals surface area contributed by atoms with Crippen molar-refractivity contribution >= 4 is 11.6 Å². The Balaban J connectivity index is 1.86. The molecule has 1 saturated carbocycles. The monoisotopic (exact) mass is 460 g/mol. The maximum atomic E-state index is 14.8. The van der Waals surface area contributed by atoms with E-state index < -0.39 is 23.2 Å². The molecule has 1 fully saturated rings. The maximum absolute atomic E-state index is 14.8. The van der Waals surface area contributed by atoms with Crippen LogP contribution in [0.3, 0.4) is 0 Å². The Morgan fingerprint density at radius 1 is 1.24 bits per heavy atom. The van der Waals surface area contributed by atoms with E-state index in [1.807, 2.05) is 6.07 Å². The maximum Gasteiger partial charge on any atom is 0.346 e. The van der Waals surface area contributed by atoms with Crippen LogP contribution >= 0.6 is 0 Å². The van der Waals surface area contributed by atoms with Gasteiger partial charge in [-0.3, -0.25) is 4.79 Å². The van der Waals surface area contributed by atoms with E-state index in [4.69, 9.17) is 10.00 Å². The van der Waals surface area contributed by atoms with E-state index in [0.717, 1.165) is 29.5 Å². The van der Waals surface area contributed by atoms with Crippen LogP contribution in [0.25, 0.3) is 28.0 Å². The highest BCUT2D eigenvalue weighted by Gasteiger charge is 2.34. The molecule has 0 radical (unpaired) electrons. The second-order valence-corrected chi connectivity index (χ2v) is 8.01. The third-order valence-electron chi connectivity index (χ3n) is 5.76. The number of nitrogens with zero attached hydrogens (tertiary/aromatic N) is 3. The van der Waals surface area contributed by atoms with Crippen molar-refractivity contribution < 1.29 is 18.3 Å². The molecule has 1 aliphatic carbocycles. The van der Waals surface area contributed by atoms with Crippen molar-refractivity contribution in [2.45, 2.75) is 25.7 Å². The van der Waals surface area contributed by atoms with Crippen molar-refractivity contribution in [3.8, 4) is 28.5 Å². The quantitative estimate of drug-likeness (QED) is 0.440. The van der Waals surface area contributed by atoms with E-state index in [-0.39, 0.29) is 35.0 Å². The van der Waals surface area contributed by atoms with Crippen LogP contribution in [0.4, 0.5) is 8.78 Å². The van der Waals surface area contributed by atoms with Crippen molar-refractivity contribution in [3.05, 3.63) is 81.3 Å². The number of halogens is 2. The SMILES string of the molecule is CCOC(=O)c1c(-c2ccc(C#N)cc2)[nH]c2c(-c3ccc(F)cc3F)c(C3CC3)nn2c1=O. The first-order valence-electron chi connectivity index (χ1n) is 10.7. The normalized spacial score (nSPS) is 13.1. The van der Waals surface area contributed by atoms with Crippen molar-refractivity contribution in [1.29, 1.82) is 5.26 Å². The molecule has 1 aliphatic rings. The first-order valence-corrected chi connectivity index (χ1v) is 10.7. The first kappa shape index (κ1) is 21.5. The Morgan fingerprint density at radius 3 is 2.59 bits per heavy atom. The molecule has 34 heavy (non-hydrogen) atoms. The number of carbonyl (C=O) groups excluding carboxylic acids is 1. The second-order valence-electron chi connectivity index (χ2n) is 8.01. The Kier molecular flexibility index (Phi) is 5.21. The molecule has 4 aromatic rings. The lowest BCUT2D eigenvalue weighted by atomic mass is 10.0. The summed E-state index contributed by atoms with van der Waals surface area (Å²) < 4.78 is 34.6. The van der Waals surface area contributed by atoms with Crippen molar-refractivity contribution in [3.63, 3.8) is 0 Å². The van der Waals surface area contributed by atoms with Gasteiger partial charge in [0.2, 0.25) is 0 Å². The van der Waals surface area contributed by atoms with Crippen LogP contribution in [0, 0.1) is 23.0 Å². The van der Waals surface area contributed by atoms with E-state index in [2.05, 4.69) is 10.1 Å². The molecule has 170 valence electrons. The number of hydrogen-bond donors (Lipinski definition) is 1. The molecule has 5 rings (SSSR count). The summed E-state index contributed by atoms with van der Waals surface area (Å²) in [7, 11) is 0. The number of nitrogens with one attached hydrogen (secondary N) is 1. The van der Waals surface area contributed by atoms with E-state index in [9.17, 15) is 18.4 Å². The van der Waals surface area contributed by atoms with Crippen LogP contribution in [-0.4, -0.2) is 27.2 Å². The van der Waals surface area contributed by atoms with Gasteiger partial charge in [0.25, 0.3) is 5.56 Å². The summed E-state index contributed by atoms with van der Waals surface area (Å²) in [5.74, 6) is -2.31. The van der Waals surface area contributed by atoms with Crippen molar-refractivity contribution in [2.24, 2.45) is 0 Å². The molecule has 2 heterocycles. The molecule has 0 unspecified atom stereocenters. The van der Waals surface area contributed by atoms with Gasteiger partial charge in [0.1, 0.15) is 17.3 Å². The van der Waals surface area contributed by atoms with E-state index in [0.29, 0.717) is 22.4 Å². The topological polar surface area (TPSA) is 100 Å². The Hall–Kier alpha value is -4.32. The molecule has 0 amide bonds. The summed E-state index contributed by atoms with van der Waals surface area (Å²) in [6.07, 6.45) is 1.64. The van der Waals surface area contributed by atoms with Gasteiger partial charge in [-0.05, 0) is 49.6 Å². The highest BCUT2D eigenvalue weighted by molar-refractivity contribution is 5.97. The minimum atomic E-state index is -0.831. The number of hydrogen-bond acceptors (Lipinski definition) is 5. The number of rotatable bonds is 5. The average Bonchev–Trinajstić information content (AvgIpc) is 3.60. The van der Waals surface area contributed by atoms with Crippen LogP contribution in [0.1, 0.15) is 47.3 Å². The minimum absolute atomic E-state index is 0.0246. The van der Waals surface area contributed by atoms with Crippen LogP contribution in [0.2, 0.25) is 0 Å². The van der Waals surface area contributed by atoms with Gasteiger partial charge in [-0.1, -0.05) is 12.1 Å². The molecule has 0 spiro atoms. The second kappa shape index (κ2) is 8.23.